The second-order valence-electron chi connectivity index (χ2n) is 7.52. The van der Waals surface area contributed by atoms with Gasteiger partial charge in [0.2, 0.25) is 0 Å². The molecule has 0 aliphatic rings. The molecular weight excluding hydrogens is 364 g/mol. The molecule has 0 amide bonds. The first-order valence-electron chi connectivity index (χ1n) is 9.77. The van der Waals surface area contributed by atoms with Crippen molar-refractivity contribution in [1.82, 2.24) is 9.55 Å². The predicted octanol–water partition coefficient (Wildman–Crippen LogP) is 4.85. The van der Waals surface area contributed by atoms with Crippen LogP contribution < -0.4 is 4.74 Å². The van der Waals surface area contributed by atoms with Gasteiger partial charge in [-0.25, -0.2) is 4.98 Å². The molecule has 0 radical (unpaired) electrons. The Morgan fingerprint density at radius 1 is 1.24 bits per heavy atom. The molecule has 0 saturated heterocycles. The largest absolute Gasteiger partial charge is 0.489 e. The number of carbonyl (C=O) groups is 1. The molecule has 150 valence electrons. The summed E-state index contributed by atoms with van der Waals surface area (Å²) in [4.78, 5) is 15.6. The van der Waals surface area contributed by atoms with E-state index in [-0.39, 0.29) is 12.3 Å². The van der Waals surface area contributed by atoms with Crippen LogP contribution in [0.1, 0.15) is 44.2 Å². The summed E-state index contributed by atoms with van der Waals surface area (Å²) in [5.41, 5.74) is 2.88. The van der Waals surface area contributed by atoms with Gasteiger partial charge in [-0.2, -0.15) is 0 Å². The zero-order chi connectivity index (χ0) is 20.8. The Bertz CT molecular complexity index is 1040. The molecule has 3 rings (SSSR count). The zero-order valence-corrected chi connectivity index (χ0v) is 17.1. The van der Waals surface area contributed by atoms with Crippen molar-refractivity contribution >= 4 is 17.0 Å². The van der Waals surface area contributed by atoms with E-state index in [4.69, 9.17) is 9.84 Å². The lowest BCUT2D eigenvalue weighted by Crippen LogP contribution is -2.05. The van der Waals surface area contributed by atoms with E-state index in [0.29, 0.717) is 12.5 Å². The summed E-state index contributed by atoms with van der Waals surface area (Å²) in [5.74, 6) is 5.89. The highest BCUT2D eigenvalue weighted by Crippen LogP contribution is 2.23. The predicted molar refractivity (Wildman–Crippen MR) is 114 cm³/mol. The minimum atomic E-state index is -0.858. The second kappa shape index (κ2) is 9.29. The fourth-order valence-electron chi connectivity index (χ4n) is 3.31. The molecule has 1 N–H and O–H groups in total. The van der Waals surface area contributed by atoms with Crippen molar-refractivity contribution < 1.29 is 14.6 Å². The molecule has 0 fully saturated rings. The SMILES string of the molecule is CC#C[C@@H](CC(=O)O)c1ccc(OCc2cnc3c(ccn3CC(C)C)c2)cc1. The Balaban J connectivity index is 1.66. The fourth-order valence-corrected chi connectivity index (χ4v) is 3.31. The van der Waals surface area contributed by atoms with Crippen LogP contribution >= 0.6 is 0 Å². The smallest absolute Gasteiger partial charge is 0.304 e. The van der Waals surface area contributed by atoms with Crippen LogP contribution in [-0.4, -0.2) is 20.6 Å². The van der Waals surface area contributed by atoms with Gasteiger partial charge in [0.25, 0.3) is 0 Å². The number of nitrogens with zero attached hydrogens (tertiary/aromatic N) is 2. The summed E-state index contributed by atoms with van der Waals surface area (Å²) in [6.07, 6.45) is 3.92. The van der Waals surface area contributed by atoms with Gasteiger partial charge in [0.15, 0.2) is 0 Å². The summed E-state index contributed by atoms with van der Waals surface area (Å²) in [5, 5.41) is 10.2. The first-order chi connectivity index (χ1) is 14.0. The number of hydrogen-bond donors (Lipinski definition) is 1. The Morgan fingerprint density at radius 3 is 2.66 bits per heavy atom. The molecule has 0 spiro atoms. The first kappa shape index (κ1) is 20.5. The van der Waals surface area contributed by atoms with Gasteiger partial charge in [-0.1, -0.05) is 31.9 Å². The molecule has 29 heavy (non-hydrogen) atoms. The molecule has 0 aliphatic heterocycles. The number of aromatic nitrogens is 2. The van der Waals surface area contributed by atoms with E-state index in [1.165, 1.54) is 0 Å². The van der Waals surface area contributed by atoms with Crippen molar-refractivity contribution in [2.75, 3.05) is 0 Å². The van der Waals surface area contributed by atoms with E-state index < -0.39 is 5.97 Å². The van der Waals surface area contributed by atoms with Crippen LogP contribution in [0.15, 0.2) is 48.8 Å². The number of carboxylic acid groups (broad SMARTS) is 1. The van der Waals surface area contributed by atoms with Crippen LogP contribution in [0.3, 0.4) is 0 Å². The molecule has 0 bridgehead atoms. The van der Waals surface area contributed by atoms with Crippen LogP contribution in [0, 0.1) is 17.8 Å². The van der Waals surface area contributed by atoms with Gasteiger partial charge in [-0.05, 0) is 42.7 Å². The average molecular weight is 390 g/mol. The molecule has 2 heterocycles. The zero-order valence-electron chi connectivity index (χ0n) is 17.1. The average Bonchev–Trinajstić information content (AvgIpc) is 3.07. The van der Waals surface area contributed by atoms with Crippen LogP contribution in [0.5, 0.6) is 5.75 Å². The van der Waals surface area contributed by atoms with Crippen LogP contribution in [-0.2, 0) is 17.9 Å². The van der Waals surface area contributed by atoms with E-state index in [1.807, 2.05) is 30.5 Å². The van der Waals surface area contributed by atoms with Gasteiger partial charge in [-0.15, -0.1) is 5.92 Å². The number of aliphatic carboxylic acids is 1. The summed E-state index contributed by atoms with van der Waals surface area (Å²) >= 11 is 0. The maximum atomic E-state index is 11.0. The number of ether oxygens (including phenoxy) is 1. The van der Waals surface area contributed by atoms with E-state index in [9.17, 15) is 4.79 Å². The maximum Gasteiger partial charge on any atom is 0.304 e. The van der Waals surface area contributed by atoms with Crippen molar-refractivity contribution in [3.63, 3.8) is 0 Å². The third-order valence-electron chi connectivity index (χ3n) is 4.60. The maximum absolute atomic E-state index is 11.0. The van der Waals surface area contributed by atoms with Crippen molar-refractivity contribution in [3.8, 4) is 17.6 Å². The van der Waals surface area contributed by atoms with Gasteiger partial charge >= 0.3 is 5.97 Å². The summed E-state index contributed by atoms with van der Waals surface area (Å²) in [6.45, 7) is 7.47. The highest BCUT2D eigenvalue weighted by Gasteiger charge is 2.13. The number of pyridine rings is 1. The molecule has 0 saturated carbocycles. The Morgan fingerprint density at radius 2 is 2.00 bits per heavy atom. The number of fused-ring (bicyclic) bond motifs is 1. The van der Waals surface area contributed by atoms with Crippen molar-refractivity contribution in [2.45, 2.75) is 46.3 Å². The van der Waals surface area contributed by atoms with Gasteiger partial charge in [0.05, 0.1) is 12.3 Å². The van der Waals surface area contributed by atoms with Gasteiger partial charge in [0.1, 0.15) is 18.0 Å². The molecule has 1 aromatic carbocycles. The number of hydrogen-bond acceptors (Lipinski definition) is 3. The lowest BCUT2D eigenvalue weighted by atomic mass is 9.96. The topological polar surface area (TPSA) is 64.3 Å². The fraction of sp³-hybridized carbons (Fsp3) is 0.333. The van der Waals surface area contributed by atoms with Gasteiger partial charge < -0.3 is 14.4 Å². The normalized spacial score (nSPS) is 11.9. The third-order valence-corrected chi connectivity index (χ3v) is 4.60. The molecule has 3 aromatic rings. The minimum Gasteiger partial charge on any atom is -0.489 e. The number of rotatable bonds is 8. The minimum absolute atomic E-state index is 0.0107. The summed E-state index contributed by atoms with van der Waals surface area (Å²) in [6, 6.07) is 11.6. The number of benzene rings is 1. The van der Waals surface area contributed by atoms with Crippen LogP contribution in [0.2, 0.25) is 0 Å². The van der Waals surface area contributed by atoms with Crippen LogP contribution in [0.4, 0.5) is 0 Å². The van der Waals surface area contributed by atoms with Gasteiger partial charge in [0, 0.05) is 29.9 Å². The van der Waals surface area contributed by atoms with E-state index >= 15 is 0 Å². The first-order valence-corrected chi connectivity index (χ1v) is 9.77. The summed E-state index contributed by atoms with van der Waals surface area (Å²) < 4.78 is 8.07. The lowest BCUT2D eigenvalue weighted by Gasteiger charge is -2.11. The highest BCUT2D eigenvalue weighted by molar-refractivity contribution is 5.76. The quantitative estimate of drug-likeness (QED) is 0.558. The summed E-state index contributed by atoms with van der Waals surface area (Å²) in [7, 11) is 0. The Hall–Kier alpha value is -3.26. The molecule has 0 unspecified atom stereocenters. The Labute approximate surface area is 171 Å². The third kappa shape index (κ3) is 5.39. The molecular formula is C24H26N2O3. The molecule has 5 heteroatoms. The van der Waals surface area contributed by atoms with Crippen molar-refractivity contribution in [2.24, 2.45) is 5.92 Å². The molecule has 0 aliphatic carbocycles. The lowest BCUT2D eigenvalue weighted by molar-refractivity contribution is -0.137. The standard InChI is InChI=1S/C24H26N2O3/c1-4-5-20(13-23(27)28)19-6-8-22(9-7-19)29-16-18-12-21-10-11-26(15-17(2)3)24(21)25-14-18/h6-12,14,17,20H,13,15-16H2,1-3H3,(H,27,28)/t20-/m0/s1. The van der Waals surface area contributed by atoms with E-state index in [0.717, 1.165) is 34.5 Å². The van der Waals surface area contributed by atoms with E-state index in [1.54, 1.807) is 6.92 Å². The Kier molecular flexibility index (Phi) is 6.56. The van der Waals surface area contributed by atoms with E-state index in [2.05, 4.69) is 53.6 Å². The van der Waals surface area contributed by atoms with Crippen molar-refractivity contribution in [1.29, 1.82) is 0 Å². The second-order valence-corrected chi connectivity index (χ2v) is 7.52. The monoisotopic (exact) mass is 390 g/mol. The van der Waals surface area contributed by atoms with Crippen molar-refractivity contribution in [3.05, 3.63) is 59.9 Å². The van der Waals surface area contributed by atoms with Gasteiger partial charge in [-0.3, -0.25) is 4.79 Å². The molecule has 1 atom stereocenters. The highest BCUT2D eigenvalue weighted by atomic mass is 16.5. The molecule has 5 nitrogen and oxygen atoms in total. The molecule has 2 aromatic heterocycles. The number of carboxylic acids is 1. The van der Waals surface area contributed by atoms with Crippen LogP contribution in [0.25, 0.3) is 11.0 Å².